The average molecular weight is 364 g/mol. The zero-order chi connectivity index (χ0) is 17.8. The number of ether oxygens (including phenoxy) is 1. The van der Waals surface area contributed by atoms with E-state index in [1.807, 2.05) is 6.92 Å². The van der Waals surface area contributed by atoms with Crippen molar-refractivity contribution >= 4 is 34.9 Å². The minimum atomic E-state index is -0.397. The third-order valence-electron chi connectivity index (χ3n) is 3.74. The third-order valence-corrected chi connectivity index (χ3v) is 4.05. The van der Waals surface area contributed by atoms with Crippen molar-refractivity contribution in [3.8, 4) is 0 Å². The molecule has 0 aliphatic carbocycles. The van der Waals surface area contributed by atoms with Gasteiger partial charge in [0.05, 0.1) is 29.7 Å². The summed E-state index contributed by atoms with van der Waals surface area (Å²) in [7, 11) is 0. The number of nitrogens with zero attached hydrogens (tertiary/aromatic N) is 1. The van der Waals surface area contributed by atoms with E-state index >= 15 is 0 Å². The number of anilines is 2. The number of benzene rings is 1. The van der Waals surface area contributed by atoms with Gasteiger partial charge in [-0.15, -0.1) is 0 Å². The summed E-state index contributed by atoms with van der Waals surface area (Å²) < 4.78 is 10.5. The Labute approximate surface area is 149 Å². The molecule has 2 aromatic rings. The number of rotatable bonds is 3. The van der Waals surface area contributed by atoms with Gasteiger partial charge in [0.2, 0.25) is 0 Å². The molecule has 1 atom stereocenters. The van der Waals surface area contributed by atoms with Gasteiger partial charge in [0.15, 0.2) is 5.76 Å². The Morgan fingerprint density at radius 2 is 2.12 bits per heavy atom. The third kappa shape index (κ3) is 4.32. The second-order valence-electron chi connectivity index (χ2n) is 5.68. The van der Waals surface area contributed by atoms with Gasteiger partial charge in [-0.2, -0.15) is 0 Å². The highest BCUT2D eigenvalue weighted by atomic mass is 35.5. The summed E-state index contributed by atoms with van der Waals surface area (Å²) in [5.41, 5.74) is 0.978. The molecule has 0 radical (unpaired) electrons. The zero-order valence-electron chi connectivity index (χ0n) is 13.6. The molecule has 132 valence electrons. The summed E-state index contributed by atoms with van der Waals surface area (Å²) in [6, 6.07) is 7.86. The molecule has 1 saturated heterocycles. The molecule has 0 saturated carbocycles. The minimum absolute atomic E-state index is 0.0160. The smallest absolute Gasteiger partial charge is 0.322 e. The van der Waals surface area contributed by atoms with E-state index in [4.69, 9.17) is 20.8 Å². The molecule has 0 unspecified atom stereocenters. The summed E-state index contributed by atoms with van der Waals surface area (Å²) in [4.78, 5) is 25.9. The van der Waals surface area contributed by atoms with Gasteiger partial charge >= 0.3 is 6.03 Å². The van der Waals surface area contributed by atoms with Gasteiger partial charge in [-0.05, 0) is 37.3 Å². The average Bonchev–Trinajstić information content (AvgIpc) is 3.12. The van der Waals surface area contributed by atoms with E-state index in [2.05, 4.69) is 10.6 Å². The van der Waals surface area contributed by atoms with Gasteiger partial charge in [-0.3, -0.25) is 4.79 Å². The molecule has 7 nitrogen and oxygen atoms in total. The molecule has 1 aromatic carbocycles. The highest BCUT2D eigenvalue weighted by Crippen LogP contribution is 2.26. The first-order chi connectivity index (χ1) is 12.0. The number of hydrogen-bond donors (Lipinski definition) is 2. The fourth-order valence-corrected chi connectivity index (χ4v) is 2.72. The summed E-state index contributed by atoms with van der Waals surface area (Å²) in [5.74, 6) is -0.208. The van der Waals surface area contributed by atoms with E-state index in [0.717, 1.165) is 0 Å². The number of carbonyl (C=O) groups excluding carboxylic acids is 2. The Balaban J connectivity index is 1.63. The molecule has 25 heavy (non-hydrogen) atoms. The van der Waals surface area contributed by atoms with Crippen LogP contribution in [0.4, 0.5) is 16.2 Å². The van der Waals surface area contributed by atoms with Crippen LogP contribution in [-0.2, 0) is 4.74 Å². The molecule has 1 fully saturated rings. The first-order valence-electron chi connectivity index (χ1n) is 7.85. The predicted molar refractivity (Wildman–Crippen MR) is 94.1 cm³/mol. The molecule has 3 amide bonds. The van der Waals surface area contributed by atoms with Crippen molar-refractivity contribution < 1.29 is 18.7 Å². The normalized spacial score (nSPS) is 17.2. The maximum absolute atomic E-state index is 12.3. The van der Waals surface area contributed by atoms with Crippen LogP contribution in [0.2, 0.25) is 5.02 Å². The van der Waals surface area contributed by atoms with Crippen molar-refractivity contribution in [3.63, 3.8) is 0 Å². The standard InChI is InChI=1S/C17H18ClN3O4/c1-11-10-21(6-8-24-11)17(23)19-12-4-5-14(13(18)9-12)20-16(22)15-3-2-7-25-15/h2-5,7,9,11H,6,8,10H2,1H3,(H,19,23)(H,20,22)/t11-/m0/s1. The van der Waals surface area contributed by atoms with E-state index in [0.29, 0.717) is 36.1 Å². The number of hydrogen-bond acceptors (Lipinski definition) is 4. The van der Waals surface area contributed by atoms with Crippen molar-refractivity contribution in [2.75, 3.05) is 30.3 Å². The minimum Gasteiger partial charge on any atom is -0.459 e. The number of halogens is 1. The molecule has 1 aromatic heterocycles. The first kappa shape index (κ1) is 17.3. The molecule has 0 bridgehead atoms. The lowest BCUT2D eigenvalue weighted by molar-refractivity contribution is -0.00138. The number of carbonyl (C=O) groups is 2. The van der Waals surface area contributed by atoms with Gasteiger partial charge in [-0.25, -0.2) is 4.79 Å². The molecular formula is C17H18ClN3O4. The Bertz CT molecular complexity index is 763. The molecule has 2 heterocycles. The Morgan fingerprint density at radius 1 is 1.28 bits per heavy atom. The van der Waals surface area contributed by atoms with E-state index < -0.39 is 5.91 Å². The number of nitrogens with one attached hydrogen (secondary N) is 2. The van der Waals surface area contributed by atoms with Crippen LogP contribution in [0.3, 0.4) is 0 Å². The second kappa shape index (κ2) is 7.58. The highest BCUT2D eigenvalue weighted by molar-refractivity contribution is 6.34. The van der Waals surface area contributed by atoms with Gasteiger partial charge in [0, 0.05) is 18.8 Å². The zero-order valence-corrected chi connectivity index (χ0v) is 14.4. The lowest BCUT2D eigenvalue weighted by Gasteiger charge is -2.31. The fraction of sp³-hybridized carbons (Fsp3) is 0.294. The SMILES string of the molecule is C[C@H]1CN(C(=O)Nc2ccc(NC(=O)c3ccco3)c(Cl)c2)CCO1. The van der Waals surface area contributed by atoms with Crippen LogP contribution in [0.1, 0.15) is 17.5 Å². The number of furan rings is 1. The highest BCUT2D eigenvalue weighted by Gasteiger charge is 2.21. The molecule has 0 spiro atoms. The van der Waals surface area contributed by atoms with E-state index in [-0.39, 0.29) is 17.9 Å². The summed E-state index contributed by atoms with van der Waals surface area (Å²) in [6.07, 6.45) is 1.43. The molecule has 2 N–H and O–H groups in total. The lowest BCUT2D eigenvalue weighted by Crippen LogP contribution is -2.46. The Kier molecular flexibility index (Phi) is 5.25. The van der Waals surface area contributed by atoms with Gasteiger partial charge in [0.1, 0.15) is 0 Å². The largest absolute Gasteiger partial charge is 0.459 e. The van der Waals surface area contributed by atoms with Crippen LogP contribution in [0, 0.1) is 0 Å². The summed E-state index contributed by atoms with van der Waals surface area (Å²) in [5, 5.41) is 5.77. The maximum atomic E-state index is 12.3. The number of urea groups is 1. The van der Waals surface area contributed by atoms with E-state index in [9.17, 15) is 9.59 Å². The van der Waals surface area contributed by atoms with Crippen LogP contribution in [0.25, 0.3) is 0 Å². The quantitative estimate of drug-likeness (QED) is 0.875. The Morgan fingerprint density at radius 3 is 2.80 bits per heavy atom. The van der Waals surface area contributed by atoms with Crippen LogP contribution in [-0.4, -0.2) is 42.6 Å². The van der Waals surface area contributed by atoms with Crippen LogP contribution in [0.5, 0.6) is 0 Å². The van der Waals surface area contributed by atoms with Crippen molar-refractivity contribution in [1.29, 1.82) is 0 Å². The van der Waals surface area contributed by atoms with Crippen LogP contribution < -0.4 is 10.6 Å². The molecule has 1 aliphatic rings. The fourth-order valence-electron chi connectivity index (χ4n) is 2.49. The molecule has 3 rings (SSSR count). The van der Waals surface area contributed by atoms with Gasteiger partial charge < -0.3 is 24.7 Å². The number of morpholine rings is 1. The number of amides is 3. The lowest BCUT2D eigenvalue weighted by atomic mass is 10.2. The van der Waals surface area contributed by atoms with E-state index in [1.54, 1.807) is 35.2 Å². The first-order valence-corrected chi connectivity index (χ1v) is 8.22. The second-order valence-corrected chi connectivity index (χ2v) is 6.09. The predicted octanol–water partition coefficient (Wildman–Crippen LogP) is 3.44. The Hall–Kier alpha value is -2.51. The van der Waals surface area contributed by atoms with Crippen molar-refractivity contribution in [2.45, 2.75) is 13.0 Å². The molecular weight excluding hydrogens is 346 g/mol. The van der Waals surface area contributed by atoms with E-state index in [1.165, 1.54) is 6.26 Å². The maximum Gasteiger partial charge on any atom is 0.322 e. The molecule has 8 heteroatoms. The summed E-state index contributed by atoms with van der Waals surface area (Å²) >= 11 is 6.20. The van der Waals surface area contributed by atoms with Crippen molar-refractivity contribution in [2.24, 2.45) is 0 Å². The summed E-state index contributed by atoms with van der Waals surface area (Å²) in [6.45, 7) is 3.53. The monoisotopic (exact) mass is 363 g/mol. The van der Waals surface area contributed by atoms with Gasteiger partial charge in [-0.1, -0.05) is 11.6 Å². The van der Waals surface area contributed by atoms with Crippen LogP contribution in [0.15, 0.2) is 41.0 Å². The van der Waals surface area contributed by atoms with Crippen molar-refractivity contribution in [1.82, 2.24) is 4.90 Å². The van der Waals surface area contributed by atoms with Gasteiger partial charge in [0.25, 0.3) is 5.91 Å². The molecule has 1 aliphatic heterocycles. The van der Waals surface area contributed by atoms with Crippen molar-refractivity contribution in [3.05, 3.63) is 47.4 Å². The topological polar surface area (TPSA) is 83.8 Å². The van der Waals surface area contributed by atoms with Crippen LogP contribution >= 0.6 is 11.6 Å².